The second-order valence-corrected chi connectivity index (χ2v) is 5.52. The van der Waals surface area contributed by atoms with Crippen LogP contribution in [0.3, 0.4) is 0 Å². The Balaban J connectivity index is 2.76. The lowest BCUT2D eigenvalue weighted by Crippen LogP contribution is -1.87. The van der Waals surface area contributed by atoms with Crippen LogP contribution in [-0.2, 0) is 0 Å². The Morgan fingerprint density at radius 1 is 1.43 bits per heavy atom. The van der Waals surface area contributed by atoms with Crippen molar-refractivity contribution in [3.8, 4) is 0 Å². The second kappa shape index (κ2) is 3.49. The van der Waals surface area contributed by atoms with Crippen LogP contribution in [0, 0.1) is 10.1 Å². The summed E-state index contributed by atoms with van der Waals surface area (Å²) in [5.74, 6) is 0. The Hall–Kier alpha value is -0.650. The average molecular weight is 293 g/mol. The first kappa shape index (κ1) is 9.89. The van der Waals surface area contributed by atoms with E-state index in [1.54, 1.807) is 6.07 Å². The van der Waals surface area contributed by atoms with Crippen LogP contribution in [0.25, 0.3) is 10.1 Å². The largest absolute Gasteiger partial charge is 0.288 e. The Morgan fingerprint density at radius 3 is 2.79 bits per heavy atom. The zero-order chi connectivity index (χ0) is 10.3. The summed E-state index contributed by atoms with van der Waals surface area (Å²) in [5.41, 5.74) is -0.0514. The third kappa shape index (κ3) is 1.63. The quantitative estimate of drug-likeness (QED) is 0.583. The van der Waals surface area contributed by atoms with Crippen LogP contribution in [0.1, 0.15) is 0 Å². The minimum Gasteiger partial charge on any atom is -0.258 e. The molecule has 72 valence electrons. The molecule has 0 radical (unpaired) electrons. The number of nitrogens with zero attached hydrogens (tertiary/aromatic N) is 1. The molecule has 1 aromatic carbocycles. The number of halogens is 2. The first-order chi connectivity index (χ1) is 6.58. The van der Waals surface area contributed by atoms with Gasteiger partial charge in [-0.1, -0.05) is 11.6 Å². The maximum atomic E-state index is 10.6. The number of fused-ring (bicyclic) bond motifs is 1. The summed E-state index contributed by atoms with van der Waals surface area (Å²) in [7, 11) is 0. The number of hydrogen-bond donors (Lipinski definition) is 0. The minimum absolute atomic E-state index is 0.0514. The summed E-state index contributed by atoms with van der Waals surface area (Å²) in [5, 5.41) is 11.6. The van der Waals surface area contributed by atoms with Gasteiger partial charge in [-0.25, -0.2) is 0 Å². The second-order valence-electron chi connectivity index (χ2n) is 2.65. The van der Waals surface area contributed by atoms with Crippen molar-refractivity contribution in [1.29, 1.82) is 0 Å². The molecule has 0 N–H and O–H groups in total. The van der Waals surface area contributed by atoms with Crippen LogP contribution in [0.2, 0.25) is 5.02 Å². The Kier molecular flexibility index (Phi) is 2.47. The van der Waals surface area contributed by atoms with E-state index >= 15 is 0 Å². The summed E-state index contributed by atoms with van der Waals surface area (Å²) in [6, 6.07) is 4.94. The fourth-order valence-corrected chi connectivity index (χ4v) is 3.03. The molecule has 2 rings (SSSR count). The fourth-order valence-electron chi connectivity index (χ4n) is 1.16. The molecule has 0 saturated carbocycles. The molecule has 0 saturated heterocycles. The van der Waals surface area contributed by atoms with Gasteiger partial charge in [0.2, 0.25) is 0 Å². The first-order valence-electron chi connectivity index (χ1n) is 3.61. The van der Waals surface area contributed by atoms with Crippen molar-refractivity contribution in [2.75, 3.05) is 0 Å². The van der Waals surface area contributed by atoms with Crippen LogP contribution in [-0.4, -0.2) is 4.92 Å². The topological polar surface area (TPSA) is 43.1 Å². The number of hydrogen-bond acceptors (Lipinski definition) is 3. The number of nitro benzene ring substituents is 1. The van der Waals surface area contributed by atoms with Gasteiger partial charge in [0.15, 0.2) is 0 Å². The molecule has 3 nitrogen and oxygen atoms in total. The average Bonchev–Trinajstić information content (AvgIpc) is 2.42. The number of rotatable bonds is 1. The van der Waals surface area contributed by atoms with Gasteiger partial charge in [0.05, 0.1) is 8.71 Å². The van der Waals surface area contributed by atoms with Crippen LogP contribution in [0.15, 0.2) is 22.0 Å². The highest BCUT2D eigenvalue weighted by Gasteiger charge is 2.14. The van der Waals surface area contributed by atoms with Crippen molar-refractivity contribution in [1.82, 2.24) is 0 Å². The van der Waals surface area contributed by atoms with Gasteiger partial charge in [-0.3, -0.25) is 10.1 Å². The summed E-state index contributed by atoms with van der Waals surface area (Å²) in [6.45, 7) is 0. The van der Waals surface area contributed by atoms with Gasteiger partial charge in [0, 0.05) is 16.2 Å². The fraction of sp³-hybridized carbons (Fsp3) is 0. The highest BCUT2D eigenvalue weighted by molar-refractivity contribution is 9.11. The van der Waals surface area contributed by atoms with Crippen molar-refractivity contribution >= 4 is 54.6 Å². The molecular formula is C8H3BrClNO2S. The van der Waals surface area contributed by atoms with E-state index in [4.69, 9.17) is 11.6 Å². The summed E-state index contributed by atoms with van der Waals surface area (Å²) in [6.07, 6.45) is 0. The van der Waals surface area contributed by atoms with E-state index in [-0.39, 0.29) is 10.7 Å². The standard InChI is InChI=1S/C8H3BrClNO2S/c9-8-2-4-1-6(11(12)13)5(10)3-7(4)14-8/h1-3H. The van der Waals surface area contributed by atoms with Crippen LogP contribution >= 0.6 is 38.9 Å². The predicted molar refractivity (Wildman–Crippen MR) is 61.2 cm³/mol. The van der Waals surface area contributed by atoms with Gasteiger partial charge in [0.1, 0.15) is 5.02 Å². The van der Waals surface area contributed by atoms with Gasteiger partial charge in [-0.2, -0.15) is 0 Å². The SMILES string of the molecule is O=[N+]([O-])c1cc2cc(Br)sc2cc1Cl. The normalized spacial score (nSPS) is 10.7. The molecular weight excluding hydrogens is 290 g/mol. The zero-order valence-electron chi connectivity index (χ0n) is 6.66. The van der Waals surface area contributed by atoms with Crippen molar-refractivity contribution < 1.29 is 4.92 Å². The maximum absolute atomic E-state index is 10.6. The van der Waals surface area contributed by atoms with Crippen molar-refractivity contribution in [3.63, 3.8) is 0 Å². The van der Waals surface area contributed by atoms with Gasteiger partial charge in [-0.15, -0.1) is 11.3 Å². The molecule has 0 fully saturated rings. The van der Waals surface area contributed by atoms with Crippen LogP contribution in [0.5, 0.6) is 0 Å². The molecule has 1 heterocycles. The molecule has 0 unspecified atom stereocenters. The summed E-state index contributed by atoms with van der Waals surface area (Å²) < 4.78 is 1.87. The zero-order valence-corrected chi connectivity index (χ0v) is 9.82. The first-order valence-corrected chi connectivity index (χ1v) is 5.59. The number of nitro groups is 1. The number of thiophene rings is 1. The number of benzene rings is 1. The van der Waals surface area contributed by atoms with Gasteiger partial charge in [0.25, 0.3) is 5.69 Å². The van der Waals surface area contributed by atoms with E-state index < -0.39 is 4.92 Å². The monoisotopic (exact) mass is 291 g/mol. The lowest BCUT2D eigenvalue weighted by atomic mass is 10.2. The molecule has 0 aliphatic heterocycles. The molecule has 6 heteroatoms. The highest BCUT2D eigenvalue weighted by Crippen LogP contribution is 2.36. The Bertz CT molecular complexity index is 525. The Labute approximate surface area is 96.6 Å². The predicted octanol–water partition coefficient (Wildman–Crippen LogP) is 4.23. The highest BCUT2D eigenvalue weighted by atomic mass is 79.9. The van der Waals surface area contributed by atoms with Crippen molar-refractivity contribution in [2.45, 2.75) is 0 Å². The van der Waals surface area contributed by atoms with Crippen LogP contribution in [0.4, 0.5) is 5.69 Å². The van der Waals surface area contributed by atoms with E-state index in [1.807, 2.05) is 6.07 Å². The third-order valence-electron chi connectivity index (χ3n) is 1.75. The van der Waals surface area contributed by atoms with Crippen molar-refractivity contribution in [2.24, 2.45) is 0 Å². The third-order valence-corrected chi connectivity index (χ3v) is 3.66. The molecule has 0 amide bonds. The van der Waals surface area contributed by atoms with Gasteiger partial charge in [-0.05, 0) is 28.1 Å². The van der Waals surface area contributed by atoms with Gasteiger partial charge >= 0.3 is 0 Å². The van der Waals surface area contributed by atoms with E-state index in [0.29, 0.717) is 0 Å². The van der Waals surface area contributed by atoms with Crippen LogP contribution < -0.4 is 0 Å². The molecule has 1 aromatic heterocycles. The smallest absolute Gasteiger partial charge is 0.258 e. The molecule has 0 atom stereocenters. The van der Waals surface area contributed by atoms with E-state index in [9.17, 15) is 10.1 Å². The van der Waals surface area contributed by atoms with Crippen molar-refractivity contribution in [3.05, 3.63) is 37.1 Å². The summed E-state index contributed by atoms with van der Waals surface area (Å²) in [4.78, 5) is 10.1. The maximum Gasteiger partial charge on any atom is 0.288 e. The molecule has 2 aromatic rings. The lowest BCUT2D eigenvalue weighted by molar-refractivity contribution is -0.384. The molecule has 0 bridgehead atoms. The van der Waals surface area contributed by atoms with E-state index in [0.717, 1.165) is 13.9 Å². The van der Waals surface area contributed by atoms with E-state index in [1.165, 1.54) is 17.4 Å². The Morgan fingerprint density at radius 2 is 2.14 bits per heavy atom. The lowest BCUT2D eigenvalue weighted by Gasteiger charge is -1.94. The minimum atomic E-state index is -0.479. The molecule has 14 heavy (non-hydrogen) atoms. The molecule has 0 aliphatic rings. The molecule has 0 aliphatic carbocycles. The molecule has 0 spiro atoms. The summed E-state index contributed by atoms with van der Waals surface area (Å²) >= 11 is 10.6. The van der Waals surface area contributed by atoms with Gasteiger partial charge < -0.3 is 0 Å². The van der Waals surface area contributed by atoms with E-state index in [2.05, 4.69) is 15.9 Å².